The van der Waals surface area contributed by atoms with Crippen molar-refractivity contribution in [3.63, 3.8) is 0 Å². The van der Waals surface area contributed by atoms with Crippen LogP contribution in [-0.2, 0) is 6.42 Å². The van der Waals surface area contributed by atoms with E-state index in [1.165, 1.54) is 5.56 Å². The molecule has 0 amide bonds. The van der Waals surface area contributed by atoms with Crippen molar-refractivity contribution in [3.05, 3.63) is 64.1 Å². The Kier molecular flexibility index (Phi) is 5.62. The summed E-state index contributed by atoms with van der Waals surface area (Å²) < 4.78 is 6.19. The third kappa shape index (κ3) is 4.09. The molecule has 1 atom stereocenters. The average molecular weight is 335 g/mol. The van der Waals surface area contributed by atoms with E-state index in [4.69, 9.17) is 4.74 Å². The molecule has 0 fully saturated rings. The zero-order chi connectivity index (χ0) is 14.4. The number of halogens is 1. The van der Waals surface area contributed by atoms with Gasteiger partial charge in [-0.05, 0) is 58.5 Å². The summed E-state index contributed by atoms with van der Waals surface area (Å²) >= 11 is 3.49. The summed E-state index contributed by atoms with van der Waals surface area (Å²) in [6.45, 7) is 0. The van der Waals surface area contributed by atoms with Gasteiger partial charge in [0.05, 0.1) is 17.7 Å². The molecule has 1 unspecified atom stereocenters. The summed E-state index contributed by atoms with van der Waals surface area (Å²) in [5.41, 5.74) is 2.24. The summed E-state index contributed by atoms with van der Waals surface area (Å²) in [6.07, 6.45) is 2.30. The van der Waals surface area contributed by atoms with Crippen molar-refractivity contribution in [3.8, 4) is 5.75 Å². The second-order valence-corrected chi connectivity index (χ2v) is 5.64. The van der Waals surface area contributed by atoms with E-state index >= 15 is 0 Å². The number of hydrogen-bond acceptors (Lipinski definition) is 2. The number of aryl methyl sites for hydroxylation is 1. The molecule has 0 radical (unpaired) electrons. The fraction of sp³-hybridized carbons (Fsp3) is 0.294. The second kappa shape index (κ2) is 7.46. The highest BCUT2D eigenvalue weighted by Gasteiger charge is 2.07. The maximum absolute atomic E-state index is 10.1. The van der Waals surface area contributed by atoms with Crippen LogP contribution in [-0.4, -0.2) is 12.2 Å². The first-order chi connectivity index (χ1) is 9.70. The van der Waals surface area contributed by atoms with Gasteiger partial charge in [0, 0.05) is 0 Å². The van der Waals surface area contributed by atoms with E-state index in [1.54, 1.807) is 7.11 Å². The van der Waals surface area contributed by atoms with Gasteiger partial charge < -0.3 is 9.84 Å². The quantitative estimate of drug-likeness (QED) is 0.841. The molecule has 0 bridgehead atoms. The van der Waals surface area contributed by atoms with Crippen LogP contribution in [0.4, 0.5) is 0 Å². The Hall–Kier alpha value is -1.32. The van der Waals surface area contributed by atoms with Gasteiger partial charge in [0.25, 0.3) is 0 Å². The van der Waals surface area contributed by atoms with Crippen molar-refractivity contribution in [1.29, 1.82) is 0 Å². The lowest BCUT2D eigenvalue weighted by Gasteiger charge is -2.11. The van der Waals surface area contributed by atoms with Crippen LogP contribution < -0.4 is 4.74 Å². The Bertz CT molecular complexity index is 540. The molecule has 3 heteroatoms. The monoisotopic (exact) mass is 334 g/mol. The van der Waals surface area contributed by atoms with E-state index in [2.05, 4.69) is 28.1 Å². The van der Waals surface area contributed by atoms with E-state index in [0.717, 1.165) is 35.0 Å². The van der Waals surface area contributed by atoms with E-state index in [-0.39, 0.29) is 6.10 Å². The first kappa shape index (κ1) is 15.1. The molecule has 0 aliphatic rings. The molecular formula is C17H19BrO2. The van der Waals surface area contributed by atoms with E-state index in [1.807, 2.05) is 36.4 Å². The molecule has 0 saturated heterocycles. The van der Waals surface area contributed by atoms with Crippen LogP contribution in [0.1, 0.15) is 30.1 Å². The van der Waals surface area contributed by atoms with E-state index in [0.29, 0.717) is 0 Å². The van der Waals surface area contributed by atoms with Crippen LogP contribution in [0.2, 0.25) is 0 Å². The van der Waals surface area contributed by atoms with Gasteiger partial charge in [0.2, 0.25) is 0 Å². The molecule has 20 heavy (non-hydrogen) atoms. The van der Waals surface area contributed by atoms with E-state index in [9.17, 15) is 5.11 Å². The van der Waals surface area contributed by atoms with Gasteiger partial charge in [0.1, 0.15) is 5.75 Å². The lowest BCUT2D eigenvalue weighted by molar-refractivity contribution is 0.164. The van der Waals surface area contributed by atoms with Gasteiger partial charge in [-0.1, -0.05) is 36.4 Å². The van der Waals surface area contributed by atoms with Gasteiger partial charge in [-0.2, -0.15) is 0 Å². The highest BCUT2D eigenvalue weighted by atomic mass is 79.9. The Morgan fingerprint density at radius 1 is 1.15 bits per heavy atom. The number of rotatable bonds is 6. The summed E-state index contributed by atoms with van der Waals surface area (Å²) in [4.78, 5) is 0. The van der Waals surface area contributed by atoms with Gasteiger partial charge in [-0.3, -0.25) is 0 Å². The van der Waals surface area contributed by atoms with Crippen molar-refractivity contribution in [2.75, 3.05) is 7.11 Å². The molecule has 0 saturated carbocycles. The predicted octanol–water partition coefficient (Wildman–Crippen LogP) is 4.51. The van der Waals surface area contributed by atoms with Crippen molar-refractivity contribution in [2.24, 2.45) is 0 Å². The largest absolute Gasteiger partial charge is 0.496 e. The van der Waals surface area contributed by atoms with Crippen LogP contribution in [0, 0.1) is 0 Å². The molecule has 0 heterocycles. The molecular weight excluding hydrogens is 316 g/mol. The van der Waals surface area contributed by atoms with Gasteiger partial charge in [-0.15, -0.1) is 0 Å². The minimum Gasteiger partial charge on any atom is -0.496 e. The van der Waals surface area contributed by atoms with Crippen LogP contribution in [0.5, 0.6) is 5.75 Å². The number of methoxy groups -OCH3 is 1. The molecule has 2 aromatic rings. The molecule has 2 aromatic carbocycles. The van der Waals surface area contributed by atoms with Crippen molar-refractivity contribution >= 4 is 15.9 Å². The fourth-order valence-electron chi connectivity index (χ4n) is 2.21. The third-order valence-corrected chi connectivity index (χ3v) is 3.96. The maximum atomic E-state index is 10.1. The SMILES string of the molecule is COc1ccc(CCCC(O)c2ccccc2)cc1Br. The number of benzene rings is 2. The fourth-order valence-corrected chi connectivity index (χ4v) is 2.79. The summed E-state index contributed by atoms with van der Waals surface area (Å²) in [6, 6.07) is 15.9. The first-order valence-corrected chi connectivity index (χ1v) is 7.55. The lowest BCUT2D eigenvalue weighted by atomic mass is 10.0. The molecule has 1 N–H and O–H groups in total. The Morgan fingerprint density at radius 3 is 2.55 bits per heavy atom. The Morgan fingerprint density at radius 2 is 1.90 bits per heavy atom. The number of hydrogen-bond donors (Lipinski definition) is 1. The van der Waals surface area contributed by atoms with Crippen LogP contribution in [0.3, 0.4) is 0 Å². The third-order valence-electron chi connectivity index (χ3n) is 3.34. The highest BCUT2D eigenvalue weighted by molar-refractivity contribution is 9.10. The summed E-state index contributed by atoms with van der Waals surface area (Å²) in [7, 11) is 1.66. The van der Waals surface area contributed by atoms with Crippen molar-refractivity contribution < 1.29 is 9.84 Å². The van der Waals surface area contributed by atoms with Crippen molar-refractivity contribution in [1.82, 2.24) is 0 Å². The molecule has 2 rings (SSSR count). The van der Waals surface area contributed by atoms with Crippen LogP contribution in [0.15, 0.2) is 53.0 Å². The number of aliphatic hydroxyl groups is 1. The molecule has 0 spiro atoms. The molecule has 0 aromatic heterocycles. The Balaban J connectivity index is 1.85. The van der Waals surface area contributed by atoms with Crippen molar-refractivity contribution in [2.45, 2.75) is 25.4 Å². The minimum absolute atomic E-state index is 0.377. The van der Waals surface area contributed by atoms with Crippen LogP contribution in [0.25, 0.3) is 0 Å². The Labute approximate surface area is 128 Å². The van der Waals surface area contributed by atoms with E-state index < -0.39 is 0 Å². The topological polar surface area (TPSA) is 29.5 Å². The lowest BCUT2D eigenvalue weighted by Crippen LogP contribution is -1.98. The number of aliphatic hydroxyl groups excluding tert-OH is 1. The molecule has 0 aliphatic carbocycles. The van der Waals surface area contributed by atoms with Gasteiger partial charge in [-0.25, -0.2) is 0 Å². The van der Waals surface area contributed by atoms with Crippen LogP contribution >= 0.6 is 15.9 Å². The maximum Gasteiger partial charge on any atom is 0.133 e. The average Bonchev–Trinajstić information content (AvgIpc) is 2.48. The normalized spacial score (nSPS) is 12.2. The minimum atomic E-state index is -0.377. The van der Waals surface area contributed by atoms with Gasteiger partial charge >= 0.3 is 0 Å². The first-order valence-electron chi connectivity index (χ1n) is 6.76. The highest BCUT2D eigenvalue weighted by Crippen LogP contribution is 2.26. The summed E-state index contributed by atoms with van der Waals surface area (Å²) in [5.74, 6) is 0.845. The second-order valence-electron chi connectivity index (χ2n) is 4.79. The molecule has 2 nitrogen and oxygen atoms in total. The molecule has 0 aliphatic heterocycles. The standard InChI is InChI=1S/C17H19BrO2/c1-20-17-11-10-13(12-15(17)18)6-5-9-16(19)14-7-3-2-4-8-14/h2-4,7-8,10-12,16,19H,5-6,9H2,1H3. The zero-order valence-electron chi connectivity index (χ0n) is 11.6. The number of ether oxygens (including phenoxy) is 1. The summed E-state index contributed by atoms with van der Waals surface area (Å²) in [5, 5.41) is 10.1. The smallest absolute Gasteiger partial charge is 0.133 e. The molecule has 106 valence electrons. The zero-order valence-corrected chi connectivity index (χ0v) is 13.1. The predicted molar refractivity (Wildman–Crippen MR) is 85.0 cm³/mol. The van der Waals surface area contributed by atoms with Gasteiger partial charge in [0.15, 0.2) is 0 Å².